The van der Waals surface area contributed by atoms with Gasteiger partial charge in [-0.25, -0.2) is 8.78 Å². The molecule has 0 radical (unpaired) electrons. The van der Waals surface area contributed by atoms with E-state index in [1.165, 1.54) is 12.1 Å². The summed E-state index contributed by atoms with van der Waals surface area (Å²) in [6.45, 7) is 4.86. The SMILES string of the molecule is CC(C)CNc1ccc(C(=O)Nc2ccc(F)c(F)c2)nn1. The molecule has 5 nitrogen and oxygen atoms in total. The highest BCUT2D eigenvalue weighted by atomic mass is 19.2. The van der Waals surface area contributed by atoms with Gasteiger partial charge in [0.1, 0.15) is 5.82 Å². The molecule has 0 atom stereocenters. The highest BCUT2D eigenvalue weighted by Gasteiger charge is 2.10. The third kappa shape index (κ3) is 4.21. The van der Waals surface area contributed by atoms with E-state index in [-0.39, 0.29) is 11.4 Å². The molecule has 0 saturated heterocycles. The summed E-state index contributed by atoms with van der Waals surface area (Å²) in [6, 6.07) is 6.25. The summed E-state index contributed by atoms with van der Waals surface area (Å²) < 4.78 is 25.9. The van der Waals surface area contributed by atoms with E-state index >= 15 is 0 Å². The van der Waals surface area contributed by atoms with E-state index in [0.717, 1.165) is 18.7 Å². The second-order valence-corrected chi connectivity index (χ2v) is 5.16. The lowest BCUT2D eigenvalue weighted by atomic mass is 10.2. The Kier molecular flexibility index (Phi) is 4.98. The molecule has 0 fully saturated rings. The molecule has 0 saturated carbocycles. The summed E-state index contributed by atoms with van der Waals surface area (Å²) in [5.41, 5.74) is 0.229. The number of rotatable bonds is 5. The first-order valence-corrected chi connectivity index (χ1v) is 6.79. The normalized spacial score (nSPS) is 10.6. The van der Waals surface area contributed by atoms with Crippen LogP contribution >= 0.6 is 0 Å². The summed E-state index contributed by atoms with van der Waals surface area (Å²) in [7, 11) is 0. The minimum absolute atomic E-state index is 0.0832. The van der Waals surface area contributed by atoms with Crippen LogP contribution in [0.2, 0.25) is 0 Å². The monoisotopic (exact) mass is 306 g/mol. The van der Waals surface area contributed by atoms with Crippen LogP contribution < -0.4 is 10.6 Å². The van der Waals surface area contributed by atoms with Crippen molar-refractivity contribution in [2.45, 2.75) is 13.8 Å². The number of hydrogen-bond acceptors (Lipinski definition) is 4. The van der Waals surface area contributed by atoms with E-state index in [1.807, 2.05) is 0 Å². The third-order valence-electron chi connectivity index (χ3n) is 2.77. The largest absolute Gasteiger partial charge is 0.368 e. The van der Waals surface area contributed by atoms with Crippen molar-refractivity contribution in [3.8, 4) is 0 Å². The van der Waals surface area contributed by atoms with Crippen molar-refractivity contribution >= 4 is 17.4 Å². The predicted octanol–water partition coefficient (Wildman–Crippen LogP) is 3.08. The van der Waals surface area contributed by atoms with Gasteiger partial charge >= 0.3 is 0 Å². The Morgan fingerprint density at radius 2 is 1.91 bits per heavy atom. The minimum Gasteiger partial charge on any atom is -0.368 e. The van der Waals surface area contributed by atoms with Gasteiger partial charge in [-0.3, -0.25) is 4.79 Å². The summed E-state index contributed by atoms with van der Waals surface area (Å²) in [5.74, 6) is -1.53. The number of benzene rings is 1. The molecule has 0 spiro atoms. The van der Waals surface area contributed by atoms with E-state index in [0.29, 0.717) is 11.7 Å². The first kappa shape index (κ1) is 15.8. The fourth-order valence-electron chi connectivity index (χ4n) is 1.63. The summed E-state index contributed by atoms with van der Waals surface area (Å²) in [5, 5.41) is 13.2. The number of anilines is 2. The second-order valence-electron chi connectivity index (χ2n) is 5.16. The molecule has 0 aliphatic heterocycles. The molecule has 1 amide bonds. The Morgan fingerprint density at radius 3 is 2.50 bits per heavy atom. The maximum Gasteiger partial charge on any atom is 0.276 e. The highest BCUT2D eigenvalue weighted by molar-refractivity contribution is 6.02. The van der Waals surface area contributed by atoms with Crippen LogP contribution in [0.4, 0.5) is 20.3 Å². The molecule has 116 valence electrons. The molecule has 7 heteroatoms. The number of aromatic nitrogens is 2. The number of nitrogens with one attached hydrogen (secondary N) is 2. The fourth-order valence-corrected chi connectivity index (χ4v) is 1.63. The van der Waals surface area contributed by atoms with Gasteiger partial charge in [0, 0.05) is 18.3 Å². The summed E-state index contributed by atoms with van der Waals surface area (Å²) in [6.07, 6.45) is 0. The van der Waals surface area contributed by atoms with Gasteiger partial charge in [0.2, 0.25) is 0 Å². The summed E-state index contributed by atoms with van der Waals surface area (Å²) in [4.78, 5) is 11.9. The molecule has 22 heavy (non-hydrogen) atoms. The van der Waals surface area contributed by atoms with Crippen molar-refractivity contribution in [1.82, 2.24) is 10.2 Å². The smallest absolute Gasteiger partial charge is 0.276 e. The average Bonchev–Trinajstić information content (AvgIpc) is 2.49. The van der Waals surface area contributed by atoms with Crippen molar-refractivity contribution in [3.05, 3.63) is 47.7 Å². The van der Waals surface area contributed by atoms with Crippen LogP contribution in [-0.2, 0) is 0 Å². The van der Waals surface area contributed by atoms with Crippen molar-refractivity contribution in [2.75, 3.05) is 17.2 Å². The molecular weight excluding hydrogens is 290 g/mol. The van der Waals surface area contributed by atoms with E-state index in [2.05, 4.69) is 34.7 Å². The molecule has 2 N–H and O–H groups in total. The van der Waals surface area contributed by atoms with Gasteiger partial charge in [0.05, 0.1) is 0 Å². The van der Waals surface area contributed by atoms with Crippen molar-refractivity contribution in [3.63, 3.8) is 0 Å². The molecule has 1 aromatic heterocycles. The van der Waals surface area contributed by atoms with E-state index in [9.17, 15) is 13.6 Å². The topological polar surface area (TPSA) is 66.9 Å². The molecule has 0 aliphatic carbocycles. The van der Waals surface area contributed by atoms with E-state index in [4.69, 9.17) is 0 Å². The minimum atomic E-state index is -1.03. The first-order chi connectivity index (χ1) is 10.5. The van der Waals surface area contributed by atoms with Gasteiger partial charge in [0.15, 0.2) is 17.3 Å². The van der Waals surface area contributed by atoms with Gasteiger partial charge in [-0.2, -0.15) is 0 Å². The van der Waals surface area contributed by atoms with Crippen molar-refractivity contribution in [1.29, 1.82) is 0 Å². The Balaban J connectivity index is 2.01. The number of amides is 1. The molecule has 0 bridgehead atoms. The zero-order valence-electron chi connectivity index (χ0n) is 12.2. The Hall–Kier alpha value is -2.57. The zero-order chi connectivity index (χ0) is 16.1. The van der Waals surface area contributed by atoms with Crippen LogP contribution in [0, 0.1) is 17.6 Å². The second kappa shape index (κ2) is 6.93. The molecule has 2 rings (SSSR count). The van der Waals surface area contributed by atoms with Crippen LogP contribution in [0.5, 0.6) is 0 Å². The fraction of sp³-hybridized carbons (Fsp3) is 0.267. The molecule has 1 heterocycles. The van der Waals surface area contributed by atoms with Gasteiger partial charge in [0.25, 0.3) is 5.91 Å². The quantitative estimate of drug-likeness (QED) is 0.891. The molecule has 0 aliphatic rings. The highest BCUT2D eigenvalue weighted by Crippen LogP contribution is 2.14. The van der Waals surface area contributed by atoms with Gasteiger partial charge in [-0.1, -0.05) is 13.8 Å². The van der Waals surface area contributed by atoms with Crippen LogP contribution in [0.25, 0.3) is 0 Å². The lowest BCUT2D eigenvalue weighted by Crippen LogP contribution is -2.16. The van der Waals surface area contributed by atoms with Crippen LogP contribution in [0.3, 0.4) is 0 Å². The standard InChI is InChI=1S/C15H16F2N4O/c1-9(2)8-18-14-6-5-13(20-21-14)15(22)19-10-3-4-11(16)12(17)7-10/h3-7,9H,8H2,1-2H3,(H,18,21)(H,19,22). The molecular formula is C15H16F2N4O. The maximum atomic E-state index is 13.1. The first-order valence-electron chi connectivity index (χ1n) is 6.79. The van der Waals surface area contributed by atoms with E-state index < -0.39 is 17.5 Å². The average molecular weight is 306 g/mol. The number of carbonyl (C=O) groups excluding carboxylic acids is 1. The Labute approximate surface area is 126 Å². The molecule has 2 aromatic rings. The van der Waals surface area contributed by atoms with Crippen LogP contribution in [0.1, 0.15) is 24.3 Å². The maximum absolute atomic E-state index is 13.1. The number of hydrogen-bond donors (Lipinski definition) is 2. The van der Waals surface area contributed by atoms with E-state index in [1.54, 1.807) is 6.07 Å². The van der Waals surface area contributed by atoms with Crippen LogP contribution in [-0.4, -0.2) is 22.6 Å². The van der Waals surface area contributed by atoms with Gasteiger partial charge in [-0.05, 0) is 30.2 Å². The van der Waals surface area contributed by atoms with Crippen LogP contribution in [0.15, 0.2) is 30.3 Å². The number of carbonyl (C=O) groups is 1. The molecule has 1 aromatic carbocycles. The lowest BCUT2D eigenvalue weighted by Gasteiger charge is -2.08. The number of halogens is 2. The molecule has 0 unspecified atom stereocenters. The Morgan fingerprint density at radius 1 is 1.14 bits per heavy atom. The van der Waals surface area contributed by atoms with Crippen molar-refractivity contribution in [2.24, 2.45) is 5.92 Å². The third-order valence-corrected chi connectivity index (χ3v) is 2.77. The Bertz CT molecular complexity index is 659. The lowest BCUT2D eigenvalue weighted by molar-refractivity contribution is 0.102. The van der Waals surface area contributed by atoms with Crippen molar-refractivity contribution < 1.29 is 13.6 Å². The van der Waals surface area contributed by atoms with Gasteiger partial charge in [-0.15, -0.1) is 10.2 Å². The van der Waals surface area contributed by atoms with Gasteiger partial charge < -0.3 is 10.6 Å². The predicted molar refractivity (Wildman–Crippen MR) is 79.7 cm³/mol. The summed E-state index contributed by atoms with van der Waals surface area (Å²) >= 11 is 0. The number of nitrogens with zero attached hydrogens (tertiary/aromatic N) is 2. The zero-order valence-corrected chi connectivity index (χ0v) is 12.2.